The van der Waals surface area contributed by atoms with E-state index in [4.69, 9.17) is 0 Å². The van der Waals surface area contributed by atoms with Crippen LogP contribution in [-0.4, -0.2) is 0 Å². The van der Waals surface area contributed by atoms with Crippen LogP contribution in [0.5, 0.6) is 0 Å². The number of thiophene rings is 2. The van der Waals surface area contributed by atoms with Crippen molar-refractivity contribution in [1.29, 1.82) is 0 Å². The highest BCUT2D eigenvalue weighted by atomic mass is 32.1. The first-order chi connectivity index (χ1) is 10.1. The second kappa shape index (κ2) is 5.28. The Balaban J connectivity index is 0.000000636. The lowest BCUT2D eigenvalue weighted by atomic mass is 10.1. The van der Waals surface area contributed by atoms with E-state index in [0.717, 1.165) is 9.75 Å². The van der Waals surface area contributed by atoms with Gasteiger partial charge in [-0.25, -0.2) is 0 Å². The molecule has 4 aromatic rings. The summed E-state index contributed by atoms with van der Waals surface area (Å²) in [5, 5.41) is 5.05. The van der Waals surface area contributed by atoms with Gasteiger partial charge in [-0.15, -0.1) is 22.7 Å². The summed E-state index contributed by atoms with van der Waals surface area (Å²) >= 11 is 3.60. The van der Waals surface area contributed by atoms with E-state index < -0.39 is 0 Å². The van der Waals surface area contributed by atoms with Crippen LogP contribution in [0.4, 0.5) is 0 Å². The van der Waals surface area contributed by atoms with E-state index in [1.54, 1.807) is 11.3 Å². The van der Waals surface area contributed by atoms with Crippen LogP contribution in [0.2, 0.25) is 0 Å². The minimum Gasteiger partial charge on any atom is -0.136 e. The van der Waals surface area contributed by atoms with E-state index >= 15 is 0 Å². The van der Waals surface area contributed by atoms with Crippen molar-refractivity contribution >= 4 is 66.1 Å². The van der Waals surface area contributed by atoms with E-state index in [1.807, 2.05) is 25.2 Å². The minimum atomic E-state index is 1.08. The molecule has 2 heteroatoms. The molecule has 2 aromatic heterocycles. The molecule has 4 rings (SSSR count). The molecule has 0 fully saturated rings. The molecule has 0 radical (unpaired) electrons. The van der Waals surface area contributed by atoms with Crippen molar-refractivity contribution in [2.45, 2.75) is 20.8 Å². The Hall–Kier alpha value is -1.64. The zero-order chi connectivity index (χ0) is 15.1. The molecule has 0 saturated carbocycles. The summed E-state index contributed by atoms with van der Waals surface area (Å²) in [6.07, 6.45) is 0. The standard InChI is InChI=1S/C17H12S2.C2H6/c1-9-4-5-12-14-8-16-13(10(2)11(3)18-16)7-17(14)19-15(12)6-9;1-2/h4-8H,2-3H2,1H3;1-2H3. The molecular formula is C19H18S2. The molecule has 2 heterocycles. The summed E-state index contributed by atoms with van der Waals surface area (Å²) in [4.78, 5) is 0. The molecular weight excluding hydrogens is 292 g/mol. The summed E-state index contributed by atoms with van der Waals surface area (Å²) in [6.45, 7) is 14.3. The fourth-order valence-corrected chi connectivity index (χ4v) is 4.77. The first-order valence-electron chi connectivity index (χ1n) is 7.17. The van der Waals surface area contributed by atoms with Gasteiger partial charge in [0.05, 0.1) is 0 Å². The predicted octanol–water partition coefficient (Wildman–Crippen LogP) is 5.42. The van der Waals surface area contributed by atoms with Gasteiger partial charge >= 0.3 is 0 Å². The fourth-order valence-electron chi connectivity index (χ4n) is 2.57. The molecule has 2 aromatic carbocycles. The van der Waals surface area contributed by atoms with Gasteiger partial charge in [0.2, 0.25) is 0 Å². The average molecular weight is 310 g/mol. The Kier molecular flexibility index (Phi) is 3.60. The summed E-state index contributed by atoms with van der Waals surface area (Å²) in [6, 6.07) is 11.3. The van der Waals surface area contributed by atoms with Gasteiger partial charge in [-0.3, -0.25) is 0 Å². The molecule has 0 bridgehead atoms. The van der Waals surface area contributed by atoms with E-state index in [0.29, 0.717) is 0 Å². The number of fused-ring (bicyclic) bond motifs is 4. The summed E-state index contributed by atoms with van der Waals surface area (Å²) in [5.41, 5.74) is 1.32. The predicted molar refractivity (Wildman–Crippen MR) is 101 cm³/mol. The summed E-state index contributed by atoms with van der Waals surface area (Å²) in [7, 11) is 0. The van der Waals surface area contributed by atoms with Crippen LogP contribution in [0.1, 0.15) is 19.4 Å². The third-order valence-corrected chi connectivity index (χ3v) is 5.79. The van der Waals surface area contributed by atoms with E-state index in [9.17, 15) is 0 Å². The lowest BCUT2D eigenvalue weighted by molar-refractivity contribution is 1.50. The quantitative estimate of drug-likeness (QED) is 0.406. The first-order valence-corrected chi connectivity index (χ1v) is 8.80. The Morgan fingerprint density at radius 3 is 2.14 bits per heavy atom. The second-order valence-corrected chi connectivity index (χ2v) is 7.17. The molecule has 0 aliphatic rings. The van der Waals surface area contributed by atoms with Gasteiger partial charge in [-0.1, -0.05) is 39.1 Å². The van der Waals surface area contributed by atoms with Crippen molar-refractivity contribution in [3.63, 3.8) is 0 Å². The van der Waals surface area contributed by atoms with E-state index in [2.05, 4.69) is 50.4 Å². The van der Waals surface area contributed by atoms with Crippen LogP contribution in [0.25, 0.3) is 43.4 Å². The smallest absolute Gasteiger partial charge is 0.0362 e. The highest BCUT2D eigenvalue weighted by molar-refractivity contribution is 7.26. The molecule has 0 amide bonds. The fraction of sp³-hybridized carbons (Fsp3) is 0.158. The van der Waals surface area contributed by atoms with Crippen LogP contribution in [0.3, 0.4) is 0 Å². The SMILES string of the molecule is C=c1sc2cc3c(cc2c1=C)sc1cc(C)ccc13.CC. The second-order valence-electron chi connectivity index (χ2n) is 4.95. The molecule has 0 spiro atoms. The van der Waals surface area contributed by atoms with Crippen molar-refractivity contribution in [3.8, 4) is 0 Å². The molecule has 0 nitrogen and oxygen atoms in total. The number of aryl methyl sites for hydroxylation is 1. The van der Waals surface area contributed by atoms with Crippen LogP contribution < -0.4 is 9.75 Å². The highest BCUT2D eigenvalue weighted by Crippen LogP contribution is 2.36. The molecule has 0 saturated heterocycles. The lowest BCUT2D eigenvalue weighted by Crippen LogP contribution is -2.13. The van der Waals surface area contributed by atoms with Gasteiger partial charge < -0.3 is 0 Å². The zero-order valence-corrected chi connectivity index (χ0v) is 14.3. The molecule has 0 aliphatic carbocycles. The van der Waals surface area contributed by atoms with E-state index in [-0.39, 0.29) is 0 Å². The molecule has 0 N–H and O–H groups in total. The molecule has 0 atom stereocenters. The number of hydrogen-bond donors (Lipinski definition) is 0. The largest absolute Gasteiger partial charge is 0.136 e. The normalized spacial score (nSPS) is 11.0. The number of benzene rings is 2. The van der Waals surface area contributed by atoms with Crippen molar-refractivity contribution in [3.05, 3.63) is 45.6 Å². The summed E-state index contributed by atoms with van der Waals surface area (Å²) in [5.74, 6) is 0. The van der Waals surface area contributed by atoms with Crippen molar-refractivity contribution in [2.75, 3.05) is 0 Å². The highest BCUT2D eigenvalue weighted by Gasteiger charge is 2.08. The Labute approximate surface area is 132 Å². The first kappa shape index (κ1) is 14.3. The Morgan fingerprint density at radius 2 is 1.38 bits per heavy atom. The van der Waals surface area contributed by atoms with Crippen LogP contribution in [-0.2, 0) is 0 Å². The van der Waals surface area contributed by atoms with E-state index in [1.165, 1.54) is 35.8 Å². The van der Waals surface area contributed by atoms with Gasteiger partial charge in [-0.05, 0) is 35.9 Å². The Morgan fingerprint density at radius 1 is 0.762 bits per heavy atom. The molecule has 106 valence electrons. The zero-order valence-electron chi connectivity index (χ0n) is 12.6. The third kappa shape index (κ3) is 2.19. The maximum Gasteiger partial charge on any atom is 0.0362 e. The number of rotatable bonds is 0. The number of hydrogen-bond acceptors (Lipinski definition) is 2. The lowest BCUT2D eigenvalue weighted by Gasteiger charge is -1.94. The minimum absolute atomic E-state index is 1.08. The molecule has 0 unspecified atom stereocenters. The molecule has 0 aliphatic heterocycles. The van der Waals surface area contributed by atoms with Crippen LogP contribution in [0.15, 0.2) is 30.3 Å². The Bertz CT molecular complexity index is 1050. The monoisotopic (exact) mass is 310 g/mol. The maximum absolute atomic E-state index is 4.14. The van der Waals surface area contributed by atoms with Gasteiger partial charge in [0, 0.05) is 34.8 Å². The van der Waals surface area contributed by atoms with Gasteiger partial charge in [0.25, 0.3) is 0 Å². The van der Waals surface area contributed by atoms with Gasteiger partial charge in [0.1, 0.15) is 0 Å². The van der Waals surface area contributed by atoms with Crippen molar-refractivity contribution in [2.24, 2.45) is 0 Å². The third-order valence-electron chi connectivity index (χ3n) is 3.62. The maximum atomic E-state index is 4.14. The van der Waals surface area contributed by atoms with Crippen LogP contribution >= 0.6 is 22.7 Å². The van der Waals surface area contributed by atoms with Gasteiger partial charge in [-0.2, -0.15) is 0 Å². The van der Waals surface area contributed by atoms with Crippen molar-refractivity contribution in [1.82, 2.24) is 0 Å². The van der Waals surface area contributed by atoms with Gasteiger partial charge in [0.15, 0.2) is 0 Å². The molecule has 21 heavy (non-hydrogen) atoms. The summed E-state index contributed by atoms with van der Waals surface area (Å²) < 4.78 is 5.08. The van der Waals surface area contributed by atoms with Crippen molar-refractivity contribution < 1.29 is 0 Å². The average Bonchev–Trinajstić information content (AvgIpc) is 2.96. The van der Waals surface area contributed by atoms with Crippen LogP contribution in [0, 0.1) is 6.92 Å². The topological polar surface area (TPSA) is 0 Å².